The molecule has 2 atom stereocenters. The molecule has 0 N–H and O–H groups in total. The lowest BCUT2D eigenvalue weighted by atomic mass is 9.87. The van der Waals surface area contributed by atoms with Gasteiger partial charge in [-0.15, -0.1) is 0 Å². The molecule has 1 aromatic rings. The van der Waals surface area contributed by atoms with Crippen LogP contribution in [0.25, 0.3) is 0 Å². The minimum absolute atomic E-state index is 0.0352. The summed E-state index contributed by atoms with van der Waals surface area (Å²) in [5.41, 5.74) is 0.243. The molecule has 2 nitrogen and oxygen atoms in total. The van der Waals surface area contributed by atoms with Crippen LogP contribution in [0.1, 0.15) is 25.3 Å². The third-order valence-electron chi connectivity index (χ3n) is 2.79. The predicted molar refractivity (Wildman–Crippen MR) is 66.0 cm³/mol. The van der Waals surface area contributed by atoms with Crippen molar-refractivity contribution >= 4 is 17.6 Å². The average molecular weight is 295 g/mol. The quantitative estimate of drug-likeness (QED) is 0.779. The summed E-state index contributed by atoms with van der Waals surface area (Å²) < 4.78 is 43.2. The maximum atomic E-state index is 12.8. The predicted octanol–water partition coefficient (Wildman–Crippen LogP) is 4.19. The van der Waals surface area contributed by atoms with Gasteiger partial charge < -0.3 is 4.74 Å². The minimum atomic E-state index is -4.48. The van der Waals surface area contributed by atoms with Crippen molar-refractivity contribution in [2.75, 3.05) is 6.61 Å². The molecule has 0 heterocycles. The van der Waals surface area contributed by atoms with Crippen molar-refractivity contribution in [3.05, 3.63) is 34.9 Å². The second-order valence-corrected chi connectivity index (χ2v) is 4.55. The molecule has 0 saturated carbocycles. The van der Waals surface area contributed by atoms with E-state index < -0.39 is 24.0 Å². The van der Waals surface area contributed by atoms with E-state index in [1.165, 1.54) is 24.3 Å². The van der Waals surface area contributed by atoms with Crippen molar-refractivity contribution in [2.45, 2.75) is 25.9 Å². The highest BCUT2D eigenvalue weighted by Gasteiger charge is 2.45. The topological polar surface area (TPSA) is 26.3 Å². The Kier molecular flexibility index (Phi) is 5.23. The summed E-state index contributed by atoms with van der Waals surface area (Å²) in [6.07, 6.45) is -4.48. The summed E-state index contributed by atoms with van der Waals surface area (Å²) in [5, 5.41) is 0.394. The second-order valence-electron chi connectivity index (χ2n) is 4.11. The van der Waals surface area contributed by atoms with Gasteiger partial charge >= 0.3 is 12.1 Å². The van der Waals surface area contributed by atoms with Crippen LogP contribution in [-0.4, -0.2) is 18.8 Å². The molecule has 0 radical (unpaired) electrons. The zero-order chi connectivity index (χ0) is 14.6. The van der Waals surface area contributed by atoms with Crippen molar-refractivity contribution in [3.8, 4) is 0 Å². The van der Waals surface area contributed by atoms with E-state index in [1.807, 2.05) is 0 Å². The Bertz CT molecular complexity index is 429. The number of esters is 1. The fraction of sp³-hybridized carbons (Fsp3) is 0.462. The smallest absolute Gasteiger partial charge is 0.392 e. The summed E-state index contributed by atoms with van der Waals surface area (Å²) in [6, 6.07) is 5.72. The Balaban J connectivity index is 3.12. The van der Waals surface area contributed by atoms with Gasteiger partial charge in [-0.1, -0.05) is 30.7 Å². The van der Waals surface area contributed by atoms with Crippen molar-refractivity contribution in [2.24, 2.45) is 5.92 Å². The molecule has 6 heteroatoms. The fourth-order valence-electron chi connectivity index (χ4n) is 1.72. The van der Waals surface area contributed by atoms with Gasteiger partial charge in [0.2, 0.25) is 0 Å². The molecule has 19 heavy (non-hydrogen) atoms. The first-order chi connectivity index (χ1) is 8.77. The summed E-state index contributed by atoms with van der Waals surface area (Å²) >= 11 is 5.69. The highest BCUT2D eigenvalue weighted by Crippen LogP contribution is 2.38. The van der Waals surface area contributed by atoms with E-state index in [2.05, 4.69) is 0 Å². The summed E-state index contributed by atoms with van der Waals surface area (Å²) in [6.45, 7) is 2.55. The highest BCUT2D eigenvalue weighted by molar-refractivity contribution is 6.30. The molecule has 106 valence electrons. The van der Waals surface area contributed by atoms with E-state index >= 15 is 0 Å². The lowest BCUT2D eigenvalue weighted by Gasteiger charge is -2.24. The lowest BCUT2D eigenvalue weighted by molar-refractivity contribution is -0.185. The SMILES string of the molecule is CCOC(=O)C(c1ccc(Cl)cc1)[C@H](C)C(F)(F)F. The van der Waals surface area contributed by atoms with E-state index in [-0.39, 0.29) is 12.2 Å². The molecule has 0 aromatic heterocycles. The maximum Gasteiger partial charge on any atom is 0.392 e. The van der Waals surface area contributed by atoms with Gasteiger partial charge in [-0.3, -0.25) is 4.79 Å². The molecule has 0 bridgehead atoms. The first kappa shape index (κ1) is 15.8. The molecule has 0 amide bonds. The van der Waals surface area contributed by atoms with Crippen LogP contribution in [0, 0.1) is 5.92 Å². The van der Waals surface area contributed by atoms with Crippen LogP contribution in [0.2, 0.25) is 5.02 Å². The van der Waals surface area contributed by atoms with Crippen molar-refractivity contribution in [1.82, 2.24) is 0 Å². The van der Waals surface area contributed by atoms with Gasteiger partial charge in [0, 0.05) is 5.02 Å². The van der Waals surface area contributed by atoms with E-state index in [1.54, 1.807) is 6.92 Å². The highest BCUT2D eigenvalue weighted by atomic mass is 35.5. The number of carbonyl (C=O) groups is 1. The molecule has 0 aliphatic rings. The Morgan fingerprint density at radius 1 is 1.32 bits per heavy atom. The van der Waals surface area contributed by atoms with Gasteiger partial charge in [0.1, 0.15) is 0 Å². The number of rotatable bonds is 4. The minimum Gasteiger partial charge on any atom is -0.466 e. The number of halogens is 4. The van der Waals surface area contributed by atoms with Gasteiger partial charge in [-0.25, -0.2) is 0 Å². The first-order valence-electron chi connectivity index (χ1n) is 5.76. The molecule has 0 spiro atoms. The van der Waals surface area contributed by atoms with Crippen LogP contribution < -0.4 is 0 Å². The lowest BCUT2D eigenvalue weighted by Crippen LogP contribution is -2.32. The van der Waals surface area contributed by atoms with Crippen LogP contribution >= 0.6 is 11.6 Å². The number of hydrogen-bond acceptors (Lipinski definition) is 2. The van der Waals surface area contributed by atoms with E-state index in [4.69, 9.17) is 16.3 Å². The summed E-state index contributed by atoms with van der Waals surface area (Å²) in [5.74, 6) is -4.08. The van der Waals surface area contributed by atoms with Crippen molar-refractivity contribution < 1.29 is 22.7 Å². The molecule has 0 saturated heterocycles. The molecule has 1 unspecified atom stereocenters. The Hall–Kier alpha value is -1.23. The number of carbonyl (C=O) groups excluding carboxylic acids is 1. The largest absolute Gasteiger partial charge is 0.466 e. The van der Waals surface area contributed by atoms with Gasteiger partial charge in [0.05, 0.1) is 18.4 Å². The zero-order valence-electron chi connectivity index (χ0n) is 10.5. The van der Waals surface area contributed by atoms with E-state index in [0.29, 0.717) is 5.02 Å². The maximum absolute atomic E-state index is 12.8. The van der Waals surface area contributed by atoms with Crippen LogP contribution in [0.15, 0.2) is 24.3 Å². The number of benzene rings is 1. The zero-order valence-corrected chi connectivity index (χ0v) is 11.3. The standard InChI is InChI=1S/C13H14ClF3O2/c1-3-19-12(18)11(8(2)13(15,16)17)9-4-6-10(14)7-5-9/h4-8,11H,3H2,1-2H3/t8-,11?/m0/s1. The van der Waals surface area contributed by atoms with Crippen molar-refractivity contribution in [3.63, 3.8) is 0 Å². The monoisotopic (exact) mass is 294 g/mol. The fourth-order valence-corrected chi connectivity index (χ4v) is 1.85. The molecule has 0 fully saturated rings. The molecular formula is C13H14ClF3O2. The first-order valence-corrected chi connectivity index (χ1v) is 6.14. The van der Waals surface area contributed by atoms with Crippen molar-refractivity contribution in [1.29, 1.82) is 0 Å². The van der Waals surface area contributed by atoms with Crippen LogP contribution in [0.5, 0.6) is 0 Å². The van der Waals surface area contributed by atoms with Crippen LogP contribution in [0.4, 0.5) is 13.2 Å². The Morgan fingerprint density at radius 3 is 2.26 bits per heavy atom. The van der Waals surface area contributed by atoms with Crippen LogP contribution in [-0.2, 0) is 9.53 Å². The van der Waals surface area contributed by atoms with Gasteiger partial charge in [-0.05, 0) is 24.6 Å². The van der Waals surface area contributed by atoms with E-state index in [9.17, 15) is 18.0 Å². The van der Waals surface area contributed by atoms with Gasteiger partial charge in [-0.2, -0.15) is 13.2 Å². The third-order valence-corrected chi connectivity index (χ3v) is 3.04. The second kappa shape index (κ2) is 6.28. The third kappa shape index (κ3) is 4.13. The molecular weight excluding hydrogens is 281 g/mol. The van der Waals surface area contributed by atoms with Gasteiger partial charge in [0.25, 0.3) is 0 Å². The van der Waals surface area contributed by atoms with Gasteiger partial charge in [0.15, 0.2) is 0 Å². The van der Waals surface area contributed by atoms with E-state index in [0.717, 1.165) is 6.92 Å². The molecule has 1 aromatic carbocycles. The number of hydrogen-bond donors (Lipinski definition) is 0. The number of ether oxygens (including phenoxy) is 1. The normalized spacial score (nSPS) is 14.8. The molecule has 0 aliphatic carbocycles. The Labute approximate surface area is 114 Å². The summed E-state index contributed by atoms with van der Waals surface area (Å²) in [7, 11) is 0. The average Bonchev–Trinajstić information content (AvgIpc) is 2.31. The Morgan fingerprint density at radius 2 is 1.84 bits per heavy atom. The number of alkyl halides is 3. The molecule has 0 aliphatic heterocycles. The molecule has 1 rings (SSSR count). The van der Waals surface area contributed by atoms with Crippen LogP contribution in [0.3, 0.4) is 0 Å². The summed E-state index contributed by atoms with van der Waals surface area (Å²) in [4.78, 5) is 11.8.